The van der Waals surface area contributed by atoms with E-state index >= 15 is 0 Å². The van der Waals surface area contributed by atoms with Crippen LogP contribution >= 0.6 is 0 Å². The van der Waals surface area contributed by atoms with Gasteiger partial charge in [0.15, 0.2) is 0 Å². The molecule has 9 heteroatoms. The molecule has 2 N–H and O–H groups in total. The van der Waals surface area contributed by atoms with Crippen molar-refractivity contribution < 1.29 is 19.0 Å². The topological polar surface area (TPSA) is 113 Å². The fourth-order valence-electron chi connectivity index (χ4n) is 3.99. The molecule has 0 unspecified atom stereocenters. The van der Waals surface area contributed by atoms with Gasteiger partial charge >= 0.3 is 0 Å². The summed E-state index contributed by atoms with van der Waals surface area (Å²) in [4.78, 5) is 26.9. The van der Waals surface area contributed by atoms with Gasteiger partial charge in [0.1, 0.15) is 30.4 Å². The maximum absolute atomic E-state index is 13.0. The third kappa shape index (κ3) is 4.55. The first-order chi connectivity index (χ1) is 15.1. The first-order valence-electron chi connectivity index (χ1n) is 10.6. The monoisotopic (exact) mass is 425 g/mol. The van der Waals surface area contributed by atoms with Crippen molar-refractivity contribution in [1.82, 2.24) is 15.0 Å². The molecule has 1 aliphatic heterocycles. The lowest BCUT2D eigenvalue weighted by molar-refractivity contribution is 0.0989. The second-order valence-electron chi connectivity index (χ2n) is 7.59. The minimum atomic E-state index is -0.311. The fraction of sp³-hybridized carbons (Fsp3) is 0.455. The van der Waals surface area contributed by atoms with Gasteiger partial charge in [-0.2, -0.15) is 0 Å². The van der Waals surface area contributed by atoms with Gasteiger partial charge in [-0.15, -0.1) is 0 Å². The summed E-state index contributed by atoms with van der Waals surface area (Å²) < 4.78 is 17.2. The Hall–Kier alpha value is -3.36. The van der Waals surface area contributed by atoms with E-state index in [-0.39, 0.29) is 29.3 Å². The van der Waals surface area contributed by atoms with Crippen molar-refractivity contribution in [3.8, 4) is 11.8 Å². The van der Waals surface area contributed by atoms with E-state index < -0.39 is 0 Å². The van der Waals surface area contributed by atoms with Gasteiger partial charge in [0.2, 0.25) is 11.8 Å². The van der Waals surface area contributed by atoms with E-state index in [1.165, 1.54) is 6.33 Å². The number of rotatable bonds is 6. The molecule has 2 aromatic heterocycles. The summed E-state index contributed by atoms with van der Waals surface area (Å²) in [7, 11) is 0. The van der Waals surface area contributed by atoms with Gasteiger partial charge < -0.3 is 24.8 Å². The van der Waals surface area contributed by atoms with Gasteiger partial charge in [0.25, 0.3) is 5.91 Å². The van der Waals surface area contributed by atoms with Crippen LogP contribution in [0.15, 0.2) is 37.0 Å². The lowest BCUT2D eigenvalue weighted by Crippen LogP contribution is -2.33. The number of anilines is 2. The summed E-state index contributed by atoms with van der Waals surface area (Å²) in [5.41, 5.74) is 6.69. The molecule has 4 rings (SSSR count). The lowest BCUT2D eigenvalue weighted by atomic mass is 9.86. The molecule has 3 heterocycles. The molecule has 1 amide bonds. The molecule has 0 radical (unpaired) electrons. The number of aromatic nitrogens is 3. The smallest absolute Gasteiger partial charge is 0.267 e. The Bertz CT molecular complexity index is 941. The van der Waals surface area contributed by atoms with Crippen molar-refractivity contribution in [3.63, 3.8) is 0 Å². The molecule has 0 bridgehead atoms. The van der Waals surface area contributed by atoms with Crippen LogP contribution in [0.4, 0.5) is 11.5 Å². The highest BCUT2D eigenvalue weighted by molar-refractivity contribution is 6.10. The van der Waals surface area contributed by atoms with Crippen molar-refractivity contribution in [1.29, 1.82) is 0 Å². The van der Waals surface area contributed by atoms with Crippen LogP contribution in [-0.4, -0.2) is 46.7 Å². The third-order valence-corrected chi connectivity index (χ3v) is 5.63. The SMILES string of the molecule is C=C(OCC)C1CCC(Oc2ccc(N3CCOc4ncnc(N)c4C3=O)cn2)CC1. The molecular formula is C22H27N5O4. The van der Waals surface area contributed by atoms with Gasteiger partial charge in [-0.25, -0.2) is 15.0 Å². The predicted octanol–water partition coefficient (Wildman–Crippen LogP) is 2.98. The molecule has 0 atom stereocenters. The molecule has 1 saturated carbocycles. The molecule has 164 valence electrons. The van der Waals surface area contributed by atoms with Gasteiger partial charge in [0, 0.05) is 12.0 Å². The highest BCUT2D eigenvalue weighted by Gasteiger charge is 2.29. The number of carbonyl (C=O) groups is 1. The summed E-state index contributed by atoms with van der Waals surface area (Å²) in [6, 6.07) is 3.60. The Labute approximate surface area is 181 Å². The number of allylic oxidation sites excluding steroid dienone is 1. The molecule has 1 fully saturated rings. The number of hydrogen-bond acceptors (Lipinski definition) is 8. The highest BCUT2D eigenvalue weighted by Crippen LogP contribution is 2.32. The van der Waals surface area contributed by atoms with Crippen LogP contribution in [0, 0.1) is 5.92 Å². The van der Waals surface area contributed by atoms with Crippen molar-refractivity contribution in [2.24, 2.45) is 5.92 Å². The maximum atomic E-state index is 13.0. The second-order valence-corrected chi connectivity index (χ2v) is 7.59. The quantitative estimate of drug-likeness (QED) is 0.703. The van der Waals surface area contributed by atoms with Gasteiger partial charge in [0.05, 0.1) is 30.8 Å². The highest BCUT2D eigenvalue weighted by atomic mass is 16.5. The molecule has 0 saturated heterocycles. The molecule has 31 heavy (non-hydrogen) atoms. The summed E-state index contributed by atoms with van der Waals surface area (Å²) in [5, 5.41) is 0. The van der Waals surface area contributed by atoms with E-state index in [2.05, 4.69) is 21.5 Å². The first kappa shape index (κ1) is 20.9. The zero-order chi connectivity index (χ0) is 21.8. The van der Waals surface area contributed by atoms with Crippen molar-refractivity contribution in [2.75, 3.05) is 30.4 Å². The summed E-state index contributed by atoms with van der Waals surface area (Å²) >= 11 is 0. The first-order valence-corrected chi connectivity index (χ1v) is 10.6. The number of hydrogen-bond donors (Lipinski definition) is 1. The van der Waals surface area contributed by atoms with Gasteiger partial charge in [-0.3, -0.25) is 4.79 Å². The number of nitrogens with zero attached hydrogens (tertiary/aromatic N) is 4. The van der Waals surface area contributed by atoms with Crippen LogP contribution in [-0.2, 0) is 4.74 Å². The van der Waals surface area contributed by atoms with Crippen LogP contribution < -0.4 is 20.1 Å². The van der Waals surface area contributed by atoms with E-state index in [1.54, 1.807) is 17.2 Å². The molecule has 2 aliphatic rings. The standard InChI is InChI=1S/C22H27N5O4/c1-3-29-14(2)15-4-7-17(8-5-15)31-18-9-6-16(12-24-18)27-10-11-30-21-19(22(27)28)20(23)25-13-26-21/h6,9,12-13,15,17H,2-5,7-8,10-11H2,1H3,(H2,23,25,26). The van der Waals surface area contributed by atoms with Crippen LogP contribution in [0.25, 0.3) is 0 Å². The normalized spacial score (nSPS) is 20.9. The fourth-order valence-corrected chi connectivity index (χ4v) is 3.99. The average Bonchev–Trinajstić information content (AvgIpc) is 2.94. The summed E-state index contributed by atoms with van der Waals surface area (Å²) in [5.74, 6) is 1.80. The zero-order valence-electron chi connectivity index (χ0n) is 17.6. The van der Waals surface area contributed by atoms with Crippen LogP contribution in [0.3, 0.4) is 0 Å². The van der Waals surface area contributed by atoms with E-state index in [4.69, 9.17) is 19.9 Å². The number of carbonyl (C=O) groups excluding carboxylic acids is 1. The summed E-state index contributed by atoms with van der Waals surface area (Å²) in [6.45, 7) is 7.31. The number of nitrogens with two attached hydrogens (primary N) is 1. The van der Waals surface area contributed by atoms with Crippen LogP contribution in [0.1, 0.15) is 43.0 Å². The molecule has 0 aromatic carbocycles. The number of ether oxygens (including phenoxy) is 3. The minimum absolute atomic E-state index is 0.0948. The Morgan fingerprint density at radius 2 is 2.06 bits per heavy atom. The molecule has 2 aromatic rings. The largest absolute Gasteiger partial charge is 0.499 e. The molecular weight excluding hydrogens is 398 g/mol. The Morgan fingerprint density at radius 1 is 1.26 bits per heavy atom. The number of pyridine rings is 1. The number of nitrogen functional groups attached to an aromatic ring is 1. The van der Waals surface area contributed by atoms with E-state index in [9.17, 15) is 4.79 Å². The van der Waals surface area contributed by atoms with Crippen molar-refractivity contribution in [2.45, 2.75) is 38.7 Å². The van der Waals surface area contributed by atoms with Gasteiger partial charge in [-0.1, -0.05) is 6.58 Å². The number of fused-ring (bicyclic) bond motifs is 1. The van der Waals surface area contributed by atoms with Crippen molar-refractivity contribution in [3.05, 3.63) is 42.6 Å². The van der Waals surface area contributed by atoms with E-state index in [0.29, 0.717) is 37.2 Å². The minimum Gasteiger partial charge on any atom is -0.499 e. The third-order valence-electron chi connectivity index (χ3n) is 5.63. The average molecular weight is 425 g/mol. The molecule has 0 spiro atoms. The van der Waals surface area contributed by atoms with Crippen LogP contribution in [0.5, 0.6) is 11.8 Å². The lowest BCUT2D eigenvalue weighted by Gasteiger charge is -2.29. The Morgan fingerprint density at radius 3 is 2.77 bits per heavy atom. The second kappa shape index (κ2) is 9.20. The molecule has 1 aliphatic carbocycles. The Balaban J connectivity index is 1.39. The number of amides is 1. The van der Waals surface area contributed by atoms with E-state index in [1.807, 2.05) is 13.0 Å². The van der Waals surface area contributed by atoms with E-state index in [0.717, 1.165) is 31.4 Å². The summed E-state index contributed by atoms with van der Waals surface area (Å²) in [6.07, 6.45) is 6.86. The van der Waals surface area contributed by atoms with Crippen molar-refractivity contribution >= 4 is 17.4 Å². The van der Waals surface area contributed by atoms with Crippen LogP contribution in [0.2, 0.25) is 0 Å². The maximum Gasteiger partial charge on any atom is 0.267 e. The predicted molar refractivity (Wildman–Crippen MR) is 115 cm³/mol. The Kier molecular flexibility index (Phi) is 6.20. The zero-order valence-corrected chi connectivity index (χ0v) is 17.6. The molecule has 9 nitrogen and oxygen atoms in total. The van der Waals surface area contributed by atoms with Gasteiger partial charge in [-0.05, 0) is 38.7 Å².